The molecule has 3 fully saturated rings. The molecule has 2 heterocycles. The van der Waals surface area contributed by atoms with Crippen molar-refractivity contribution in [2.45, 2.75) is 76.2 Å². The number of carbonyl (C=O) groups excluding carboxylic acids is 1. The van der Waals surface area contributed by atoms with E-state index in [4.69, 9.17) is 14.2 Å². The minimum Gasteiger partial charge on any atom is -0.458 e. The van der Waals surface area contributed by atoms with Crippen LogP contribution >= 0.6 is 0 Å². The summed E-state index contributed by atoms with van der Waals surface area (Å²) in [6, 6.07) is 0. The third-order valence-electron chi connectivity index (χ3n) is 7.90. The lowest BCUT2D eigenvalue weighted by molar-refractivity contribution is -0.228. The van der Waals surface area contributed by atoms with Crippen LogP contribution in [0.15, 0.2) is 36.0 Å². The first kappa shape index (κ1) is 21.7. The summed E-state index contributed by atoms with van der Waals surface area (Å²) in [6.07, 6.45) is 7.27. The summed E-state index contributed by atoms with van der Waals surface area (Å²) in [5, 5.41) is 29.4. The smallest absolute Gasteiger partial charge is 0.331 e. The van der Waals surface area contributed by atoms with Crippen molar-refractivity contribution >= 4 is 5.97 Å². The van der Waals surface area contributed by atoms with Crippen LogP contribution < -0.4 is 0 Å². The Bertz CT molecular complexity index is 780. The molecule has 30 heavy (non-hydrogen) atoms. The second-order valence-corrected chi connectivity index (χ2v) is 9.39. The maximum absolute atomic E-state index is 12.5. The van der Waals surface area contributed by atoms with Crippen molar-refractivity contribution in [2.24, 2.45) is 10.8 Å². The van der Waals surface area contributed by atoms with E-state index in [1.54, 1.807) is 0 Å². The molecule has 7 heteroatoms. The predicted molar refractivity (Wildman–Crippen MR) is 108 cm³/mol. The van der Waals surface area contributed by atoms with E-state index in [9.17, 15) is 20.1 Å². The Kier molecular flexibility index (Phi) is 5.48. The van der Waals surface area contributed by atoms with Gasteiger partial charge in [-0.15, -0.1) is 0 Å². The number of rotatable bonds is 6. The molecular formula is C23H32O7. The summed E-state index contributed by atoms with van der Waals surface area (Å²) in [4.78, 5) is 12.5. The number of allylic oxidation sites excluding steroid dienone is 3. The minimum absolute atomic E-state index is 0.0559. The Morgan fingerprint density at radius 2 is 2.13 bits per heavy atom. The van der Waals surface area contributed by atoms with Gasteiger partial charge in [0.1, 0.15) is 11.7 Å². The number of hydrogen-bond donors (Lipinski definition) is 3. The predicted octanol–water partition coefficient (Wildman–Crippen LogP) is 1.42. The van der Waals surface area contributed by atoms with Gasteiger partial charge in [-0.1, -0.05) is 36.8 Å². The van der Waals surface area contributed by atoms with E-state index in [0.29, 0.717) is 13.0 Å². The molecule has 3 N–H and O–H groups in total. The van der Waals surface area contributed by atoms with Crippen LogP contribution in [0.1, 0.15) is 40.0 Å². The first-order valence-electron chi connectivity index (χ1n) is 10.7. The molecule has 0 aromatic carbocycles. The van der Waals surface area contributed by atoms with E-state index in [1.165, 1.54) is 36.8 Å². The molecule has 1 saturated carbocycles. The molecule has 7 nitrogen and oxygen atoms in total. The van der Waals surface area contributed by atoms with Gasteiger partial charge < -0.3 is 29.5 Å². The summed E-state index contributed by atoms with van der Waals surface area (Å²) in [5.41, 5.74) is -0.378. The van der Waals surface area contributed by atoms with Crippen LogP contribution in [0.2, 0.25) is 0 Å². The maximum atomic E-state index is 12.5. The van der Waals surface area contributed by atoms with Gasteiger partial charge in [-0.3, -0.25) is 0 Å². The Balaban J connectivity index is 1.55. The molecule has 0 aromatic rings. The van der Waals surface area contributed by atoms with Crippen LogP contribution in [-0.2, 0) is 19.0 Å². The number of esters is 1. The second-order valence-electron chi connectivity index (χ2n) is 9.39. The lowest BCUT2D eigenvalue weighted by atomic mass is 9.51. The highest BCUT2D eigenvalue weighted by Crippen LogP contribution is 2.71. The second kappa shape index (κ2) is 7.57. The first-order valence-corrected chi connectivity index (χ1v) is 10.7. The number of carbonyl (C=O) groups is 1. The number of hydrogen-bond acceptors (Lipinski definition) is 7. The average Bonchev–Trinajstić information content (AvgIpc) is 3.48. The van der Waals surface area contributed by atoms with Crippen LogP contribution in [0, 0.1) is 10.8 Å². The number of fused-ring (bicyclic) bond motifs is 2. The number of ether oxygens (including phenoxy) is 3. The SMILES string of the molecule is CC1=C[C@H]2O[C@@H]3C[C@@H](OC(=O)/C=C\C=C\[C@H](O)[C@@H](C)O)[C@](C)([C@@]2(CO)CC1)[C@@]31CO1. The van der Waals surface area contributed by atoms with E-state index in [2.05, 4.69) is 19.9 Å². The normalized spacial score (nSPS) is 44.2. The van der Waals surface area contributed by atoms with Gasteiger partial charge in [0, 0.05) is 23.3 Å². The molecule has 2 aliphatic carbocycles. The summed E-state index contributed by atoms with van der Waals surface area (Å²) < 4.78 is 18.3. The van der Waals surface area contributed by atoms with Crippen LogP contribution in [0.25, 0.3) is 0 Å². The van der Waals surface area contributed by atoms with Gasteiger partial charge >= 0.3 is 5.97 Å². The van der Waals surface area contributed by atoms with Gasteiger partial charge in [0.2, 0.25) is 0 Å². The molecule has 2 bridgehead atoms. The zero-order valence-corrected chi connectivity index (χ0v) is 17.8. The van der Waals surface area contributed by atoms with Crippen molar-refractivity contribution in [1.29, 1.82) is 0 Å². The van der Waals surface area contributed by atoms with Crippen molar-refractivity contribution < 1.29 is 34.3 Å². The molecule has 2 aliphatic heterocycles. The lowest BCUT2D eigenvalue weighted by Gasteiger charge is -2.58. The average molecular weight is 421 g/mol. The standard InChI is InChI=1S/C23H32O7/c1-14-8-9-22(12-24)18(10-14)29-19-11-17(21(22,3)23(19)13-28-23)30-20(27)7-5-4-6-16(26)15(2)25/h4-7,10,15-19,24-26H,8-9,11-13H2,1-3H3/b6-4+,7-5-/t15-,16+,17-,18-,19-,21-,22-,23-/m1/s1. The molecular weight excluding hydrogens is 388 g/mol. The minimum atomic E-state index is -0.994. The molecule has 4 aliphatic rings. The molecule has 2 saturated heterocycles. The van der Waals surface area contributed by atoms with Crippen molar-refractivity contribution in [3.05, 3.63) is 36.0 Å². The number of aliphatic hydroxyl groups excluding tert-OH is 3. The summed E-state index contributed by atoms with van der Waals surface area (Å²) in [5.74, 6) is -0.493. The monoisotopic (exact) mass is 420 g/mol. The Hall–Kier alpha value is -1.51. The Morgan fingerprint density at radius 3 is 2.77 bits per heavy atom. The number of aliphatic hydroxyl groups is 3. The van der Waals surface area contributed by atoms with Gasteiger partial charge in [-0.2, -0.15) is 0 Å². The summed E-state index contributed by atoms with van der Waals surface area (Å²) >= 11 is 0. The topological polar surface area (TPSA) is 109 Å². The van der Waals surface area contributed by atoms with E-state index in [0.717, 1.165) is 12.8 Å². The zero-order chi connectivity index (χ0) is 21.7. The van der Waals surface area contributed by atoms with Gasteiger partial charge in [-0.25, -0.2) is 4.79 Å². The first-order chi connectivity index (χ1) is 14.2. The number of epoxide rings is 1. The van der Waals surface area contributed by atoms with Gasteiger partial charge in [0.05, 0.1) is 37.6 Å². The van der Waals surface area contributed by atoms with E-state index >= 15 is 0 Å². The third kappa shape index (κ3) is 3.02. The van der Waals surface area contributed by atoms with Crippen LogP contribution in [0.5, 0.6) is 0 Å². The van der Waals surface area contributed by atoms with Gasteiger partial charge in [0.15, 0.2) is 0 Å². The highest BCUT2D eigenvalue weighted by atomic mass is 16.6. The van der Waals surface area contributed by atoms with Crippen LogP contribution in [0.3, 0.4) is 0 Å². The largest absolute Gasteiger partial charge is 0.458 e. The summed E-state index contributed by atoms with van der Waals surface area (Å²) in [7, 11) is 0. The lowest BCUT2D eigenvalue weighted by Crippen LogP contribution is -2.66. The molecule has 0 amide bonds. The van der Waals surface area contributed by atoms with Crippen molar-refractivity contribution in [2.75, 3.05) is 13.2 Å². The molecule has 166 valence electrons. The highest BCUT2D eigenvalue weighted by molar-refractivity contribution is 5.82. The Labute approximate surface area is 177 Å². The third-order valence-corrected chi connectivity index (χ3v) is 7.90. The fraction of sp³-hybridized carbons (Fsp3) is 0.696. The van der Waals surface area contributed by atoms with Gasteiger partial charge in [0.25, 0.3) is 0 Å². The van der Waals surface area contributed by atoms with Crippen LogP contribution in [-0.4, -0.2) is 70.6 Å². The molecule has 0 unspecified atom stereocenters. The molecule has 8 atom stereocenters. The maximum Gasteiger partial charge on any atom is 0.331 e. The molecule has 0 aromatic heterocycles. The van der Waals surface area contributed by atoms with E-state index in [1.807, 2.05) is 0 Å². The zero-order valence-electron chi connectivity index (χ0n) is 17.8. The fourth-order valence-corrected chi connectivity index (χ4v) is 5.82. The van der Waals surface area contributed by atoms with Crippen molar-refractivity contribution in [1.82, 2.24) is 0 Å². The van der Waals surface area contributed by atoms with Crippen molar-refractivity contribution in [3.8, 4) is 0 Å². The fourth-order valence-electron chi connectivity index (χ4n) is 5.82. The molecule has 1 spiro atoms. The summed E-state index contributed by atoms with van der Waals surface area (Å²) in [6.45, 7) is 6.14. The molecule has 4 rings (SSSR count). The van der Waals surface area contributed by atoms with E-state index < -0.39 is 40.7 Å². The van der Waals surface area contributed by atoms with Gasteiger partial charge in [-0.05, 0) is 26.7 Å². The Morgan fingerprint density at radius 1 is 1.40 bits per heavy atom. The van der Waals surface area contributed by atoms with Crippen molar-refractivity contribution in [3.63, 3.8) is 0 Å². The molecule has 0 radical (unpaired) electrons. The van der Waals surface area contributed by atoms with E-state index in [-0.39, 0.29) is 18.8 Å². The van der Waals surface area contributed by atoms with Crippen LogP contribution in [0.4, 0.5) is 0 Å². The quantitative estimate of drug-likeness (QED) is 0.196. The highest BCUT2D eigenvalue weighted by Gasteiger charge is 2.82.